The summed E-state index contributed by atoms with van der Waals surface area (Å²) in [5.41, 5.74) is 2.48. The molecule has 3 heterocycles. The lowest BCUT2D eigenvalue weighted by molar-refractivity contribution is -0.137. The number of methoxy groups -OCH3 is 2. The van der Waals surface area contributed by atoms with Gasteiger partial charge in [0, 0.05) is 31.5 Å². The van der Waals surface area contributed by atoms with Gasteiger partial charge in [-0.3, -0.25) is 19.5 Å². The Bertz CT molecular complexity index is 1230. The Morgan fingerprint density at radius 1 is 1.03 bits per heavy atom. The van der Waals surface area contributed by atoms with Crippen molar-refractivity contribution in [1.82, 2.24) is 14.7 Å². The number of urea groups is 1. The zero-order valence-electron chi connectivity index (χ0n) is 20.7. The van der Waals surface area contributed by atoms with E-state index in [-0.39, 0.29) is 25.1 Å². The van der Waals surface area contributed by atoms with E-state index >= 15 is 0 Å². The minimum absolute atomic E-state index is 0.185. The van der Waals surface area contributed by atoms with Gasteiger partial charge >= 0.3 is 6.03 Å². The quantitative estimate of drug-likeness (QED) is 0.525. The normalized spacial score (nSPS) is 20.9. The fraction of sp³-hybridized carbons (Fsp3) is 0.346. The molecule has 2 atom stereocenters. The van der Waals surface area contributed by atoms with Gasteiger partial charge in [0.25, 0.3) is 5.91 Å². The molecule has 2 aromatic carbocycles. The third-order valence-electron chi connectivity index (χ3n) is 6.57. The highest BCUT2D eigenvalue weighted by atomic mass is 16.5. The molecule has 0 aromatic heterocycles. The molecule has 0 radical (unpaired) electrons. The zero-order chi connectivity index (χ0) is 25.4. The second kappa shape index (κ2) is 9.54. The summed E-state index contributed by atoms with van der Waals surface area (Å²) >= 11 is 0. The Morgan fingerprint density at radius 2 is 1.81 bits per heavy atom. The van der Waals surface area contributed by atoms with E-state index in [4.69, 9.17) is 19.2 Å². The number of likely N-dealkylation sites (N-methyl/N-ethyl adjacent to an activating group) is 1. The molecule has 0 spiro atoms. The molecule has 5 rings (SSSR count). The second-order valence-electron chi connectivity index (χ2n) is 8.53. The van der Waals surface area contributed by atoms with Crippen molar-refractivity contribution < 1.29 is 23.8 Å². The first-order chi connectivity index (χ1) is 17.5. The molecule has 1 saturated heterocycles. The summed E-state index contributed by atoms with van der Waals surface area (Å²) in [7, 11) is 4.88. The maximum atomic E-state index is 13.6. The summed E-state index contributed by atoms with van der Waals surface area (Å²) in [4.78, 5) is 38.1. The minimum atomic E-state index is -0.690. The van der Waals surface area contributed by atoms with Gasteiger partial charge in [0.15, 0.2) is 12.2 Å². The number of guanidine groups is 1. The number of aliphatic imine (C=N–C) groups is 1. The molecular weight excluding hydrogens is 462 g/mol. The minimum Gasteiger partial charge on any atom is -0.497 e. The second-order valence-corrected chi connectivity index (χ2v) is 8.53. The predicted molar refractivity (Wildman–Crippen MR) is 135 cm³/mol. The van der Waals surface area contributed by atoms with Crippen LogP contribution in [0.15, 0.2) is 59.7 Å². The van der Waals surface area contributed by atoms with Crippen LogP contribution in [-0.4, -0.2) is 85.8 Å². The number of nitrogens with zero attached hydrogens (tertiary/aromatic N) is 5. The van der Waals surface area contributed by atoms with Gasteiger partial charge in [0.05, 0.1) is 38.8 Å². The molecule has 36 heavy (non-hydrogen) atoms. The number of hydrogen-bond donors (Lipinski definition) is 0. The summed E-state index contributed by atoms with van der Waals surface area (Å²) in [5, 5.41) is 0. The van der Waals surface area contributed by atoms with E-state index < -0.39 is 12.2 Å². The largest absolute Gasteiger partial charge is 0.497 e. The van der Waals surface area contributed by atoms with Crippen LogP contribution in [0, 0.1) is 0 Å². The van der Waals surface area contributed by atoms with Crippen molar-refractivity contribution in [2.24, 2.45) is 4.99 Å². The van der Waals surface area contributed by atoms with Gasteiger partial charge in [-0.15, -0.1) is 0 Å². The molecule has 3 aliphatic rings. The number of carbonyl (C=O) groups is 2. The van der Waals surface area contributed by atoms with Gasteiger partial charge in [-0.1, -0.05) is 30.3 Å². The van der Waals surface area contributed by atoms with E-state index in [0.717, 1.165) is 11.3 Å². The fourth-order valence-electron chi connectivity index (χ4n) is 4.76. The van der Waals surface area contributed by atoms with Crippen LogP contribution < -0.4 is 14.4 Å². The average molecular weight is 492 g/mol. The molecule has 0 saturated carbocycles. The number of carbonyl (C=O) groups excluding carboxylic acids is 2. The highest BCUT2D eigenvalue weighted by Crippen LogP contribution is 2.44. The molecule has 188 valence electrons. The van der Waals surface area contributed by atoms with Crippen LogP contribution in [0.3, 0.4) is 0 Å². The summed E-state index contributed by atoms with van der Waals surface area (Å²) in [5.74, 6) is 1.50. The lowest BCUT2D eigenvalue weighted by Crippen LogP contribution is -2.64. The first-order valence-electron chi connectivity index (χ1n) is 11.8. The van der Waals surface area contributed by atoms with E-state index in [9.17, 15) is 9.59 Å². The Balaban J connectivity index is 1.60. The SMILES string of the molecule is CCOCCN1C(=O)C2C(N=C3N(c4cc(OC)ccc4OC)C(c4ccccc4)=CN32)N(C)C1=O. The van der Waals surface area contributed by atoms with E-state index in [1.54, 1.807) is 21.3 Å². The molecule has 2 unspecified atom stereocenters. The highest BCUT2D eigenvalue weighted by Gasteiger charge is 2.55. The fourth-order valence-corrected chi connectivity index (χ4v) is 4.76. The van der Waals surface area contributed by atoms with Gasteiger partial charge in [-0.25, -0.2) is 9.79 Å². The summed E-state index contributed by atoms with van der Waals surface area (Å²) in [6.07, 6.45) is 1.26. The van der Waals surface area contributed by atoms with Crippen molar-refractivity contribution in [3.05, 3.63) is 60.3 Å². The maximum Gasteiger partial charge on any atom is 0.328 e. The van der Waals surface area contributed by atoms with Crippen LogP contribution in [-0.2, 0) is 9.53 Å². The number of benzene rings is 2. The van der Waals surface area contributed by atoms with Crippen molar-refractivity contribution in [2.75, 3.05) is 45.9 Å². The van der Waals surface area contributed by atoms with E-state index in [2.05, 4.69) is 0 Å². The van der Waals surface area contributed by atoms with Crippen LogP contribution in [0.4, 0.5) is 10.5 Å². The van der Waals surface area contributed by atoms with Crippen LogP contribution in [0.5, 0.6) is 11.5 Å². The van der Waals surface area contributed by atoms with Crippen molar-refractivity contribution in [1.29, 1.82) is 0 Å². The molecule has 0 bridgehead atoms. The standard InChI is InChI=1S/C26H29N5O5/c1-5-36-14-13-29-24(32)22-23(28(2)26(29)33)27-25-30(22)16-20(17-9-7-6-8-10-17)31(25)19-15-18(34-3)11-12-21(19)35-4/h6-12,15-16,22-23H,5,13-14H2,1-4H3. The Kier molecular flexibility index (Phi) is 6.27. The van der Waals surface area contributed by atoms with Gasteiger partial charge in [-0.2, -0.15) is 0 Å². The van der Waals surface area contributed by atoms with Crippen LogP contribution in [0.1, 0.15) is 12.5 Å². The Hall–Kier alpha value is -4.05. The molecule has 2 aromatic rings. The molecule has 0 N–H and O–H groups in total. The average Bonchev–Trinajstić information content (AvgIpc) is 3.46. The monoisotopic (exact) mass is 491 g/mol. The number of imide groups is 1. The smallest absolute Gasteiger partial charge is 0.328 e. The Labute approximate surface area is 209 Å². The predicted octanol–water partition coefficient (Wildman–Crippen LogP) is 2.82. The first-order valence-corrected chi connectivity index (χ1v) is 11.8. The molecule has 0 aliphatic carbocycles. The third-order valence-corrected chi connectivity index (χ3v) is 6.57. The Morgan fingerprint density at radius 3 is 2.50 bits per heavy atom. The maximum absolute atomic E-state index is 13.6. The van der Waals surface area contributed by atoms with Crippen LogP contribution in [0.2, 0.25) is 0 Å². The topological polar surface area (TPSA) is 87.2 Å². The number of ether oxygens (including phenoxy) is 3. The van der Waals surface area contributed by atoms with Crippen molar-refractivity contribution >= 4 is 29.3 Å². The number of fused-ring (bicyclic) bond motifs is 3. The van der Waals surface area contributed by atoms with Crippen molar-refractivity contribution in [3.8, 4) is 11.5 Å². The molecular formula is C26H29N5O5. The molecule has 10 heteroatoms. The van der Waals surface area contributed by atoms with Gasteiger partial charge in [0.2, 0.25) is 5.96 Å². The van der Waals surface area contributed by atoms with Gasteiger partial charge in [-0.05, 0) is 19.1 Å². The van der Waals surface area contributed by atoms with Gasteiger partial charge in [0.1, 0.15) is 11.5 Å². The number of hydrogen-bond acceptors (Lipinski definition) is 8. The lowest BCUT2D eigenvalue weighted by Gasteiger charge is -2.40. The molecule has 1 fully saturated rings. The van der Waals surface area contributed by atoms with E-state index in [1.807, 2.05) is 71.5 Å². The molecule has 10 nitrogen and oxygen atoms in total. The number of anilines is 1. The van der Waals surface area contributed by atoms with Crippen LogP contribution >= 0.6 is 0 Å². The molecule has 3 amide bonds. The lowest BCUT2D eigenvalue weighted by atomic mass is 10.1. The number of amides is 3. The van der Waals surface area contributed by atoms with Gasteiger partial charge < -0.3 is 19.1 Å². The first kappa shape index (κ1) is 23.7. The zero-order valence-corrected chi connectivity index (χ0v) is 20.7. The third kappa shape index (κ3) is 3.74. The summed E-state index contributed by atoms with van der Waals surface area (Å²) < 4.78 is 16.6. The van der Waals surface area contributed by atoms with E-state index in [0.29, 0.717) is 29.8 Å². The number of rotatable bonds is 8. The van der Waals surface area contributed by atoms with Crippen molar-refractivity contribution in [3.63, 3.8) is 0 Å². The molecule has 3 aliphatic heterocycles. The summed E-state index contributed by atoms with van der Waals surface area (Å²) in [6, 6.07) is 14.3. The van der Waals surface area contributed by atoms with Crippen molar-refractivity contribution in [2.45, 2.75) is 19.1 Å². The highest BCUT2D eigenvalue weighted by molar-refractivity contribution is 6.16. The summed E-state index contributed by atoms with van der Waals surface area (Å²) in [6.45, 7) is 2.86. The van der Waals surface area contributed by atoms with E-state index in [1.165, 1.54) is 9.80 Å². The van der Waals surface area contributed by atoms with Crippen LogP contribution in [0.25, 0.3) is 5.70 Å².